The second-order valence-corrected chi connectivity index (χ2v) is 6.03. The van der Waals surface area contributed by atoms with E-state index in [1.54, 1.807) is 26.8 Å². The van der Waals surface area contributed by atoms with Crippen molar-refractivity contribution in [3.63, 3.8) is 0 Å². The van der Waals surface area contributed by atoms with Crippen molar-refractivity contribution in [3.05, 3.63) is 18.2 Å². The molecule has 0 spiro atoms. The Bertz CT molecular complexity index is 761. The lowest BCUT2D eigenvalue weighted by atomic mass is 10.2. The first-order valence-electron chi connectivity index (χ1n) is 8.69. The molecule has 1 aliphatic rings. The predicted molar refractivity (Wildman–Crippen MR) is 96.7 cm³/mol. The van der Waals surface area contributed by atoms with Crippen molar-refractivity contribution in [3.8, 4) is 11.5 Å². The molecule has 0 aromatic heterocycles. The first kappa shape index (κ1) is 20.2. The molecule has 0 radical (unpaired) electrons. The minimum atomic E-state index is -1.05. The van der Waals surface area contributed by atoms with Crippen molar-refractivity contribution in [1.29, 1.82) is 0 Å². The Labute approximate surface area is 157 Å². The SMILES string of the molecule is CCOc1ccc(N2C(=O)C(=O)N(CC(=O)NC(C)C)C2=O)cc1OCC. The normalized spacial score (nSPS) is 14.2. The molecule has 5 amide bonds. The van der Waals surface area contributed by atoms with Gasteiger partial charge in [0.1, 0.15) is 6.54 Å². The van der Waals surface area contributed by atoms with Crippen LogP contribution in [0.15, 0.2) is 18.2 Å². The van der Waals surface area contributed by atoms with E-state index in [0.29, 0.717) is 29.6 Å². The van der Waals surface area contributed by atoms with Crippen molar-refractivity contribution >= 4 is 29.4 Å². The van der Waals surface area contributed by atoms with Crippen LogP contribution in [0.25, 0.3) is 0 Å². The third kappa shape index (κ3) is 4.36. The lowest BCUT2D eigenvalue weighted by Crippen LogP contribution is -2.43. The minimum absolute atomic E-state index is 0.156. The van der Waals surface area contributed by atoms with E-state index in [9.17, 15) is 19.2 Å². The molecule has 27 heavy (non-hydrogen) atoms. The van der Waals surface area contributed by atoms with Crippen LogP contribution in [-0.4, -0.2) is 54.5 Å². The van der Waals surface area contributed by atoms with Crippen LogP contribution in [0.1, 0.15) is 27.7 Å². The lowest BCUT2D eigenvalue weighted by molar-refractivity contribution is -0.140. The molecular weight excluding hydrogens is 354 g/mol. The molecule has 2 rings (SSSR count). The van der Waals surface area contributed by atoms with Gasteiger partial charge in [0, 0.05) is 12.1 Å². The Morgan fingerprint density at radius 1 is 1.04 bits per heavy atom. The second kappa shape index (κ2) is 8.52. The highest BCUT2D eigenvalue weighted by Crippen LogP contribution is 2.33. The zero-order chi connectivity index (χ0) is 20.1. The maximum absolute atomic E-state index is 12.6. The van der Waals surface area contributed by atoms with E-state index in [-0.39, 0.29) is 11.7 Å². The highest BCUT2D eigenvalue weighted by molar-refractivity contribution is 6.53. The molecule has 1 saturated heterocycles. The third-order valence-corrected chi connectivity index (χ3v) is 3.59. The zero-order valence-corrected chi connectivity index (χ0v) is 15.8. The van der Waals surface area contributed by atoms with Gasteiger partial charge in [0.2, 0.25) is 5.91 Å². The van der Waals surface area contributed by atoms with E-state index >= 15 is 0 Å². The molecule has 0 saturated carbocycles. The number of rotatable bonds is 8. The molecule has 1 aliphatic heterocycles. The molecule has 0 bridgehead atoms. The van der Waals surface area contributed by atoms with Crippen LogP contribution >= 0.6 is 0 Å². The van der Waals surface area contributed by atoms with Crippen LogP contribution in [0.5, 0.6) is 11.5 Å². The van der Waals surface area contributed by atoms with E-state index in [4.69, 9.17) is 9.47 Å². The number of ether oxygens (including phenoxy) is 2. The average Bonchev–Trinajstić information content (AvgIpc) is 2.80. The van der Waals surface area contributed by atoms with E-state index in [1.807, 2.05) is 6.92 Å². The molecule has 1 heterocycles. The van der Waals surface area contributed by atoms with Crippen LogP contribution in [0.4, 0.5) is 10.5 Å². The van der Waals surface area contributed by atoms with E-state index in [1.165, 1.54) is 12.1 Å². The zero-order valence-electron chi connectivity index (χ0n) is 15.8. The summed E-state index contributed by atoms with van der Waals surface area (Å²) in [6.07, 6.45) is 0. The van der Waals surface area contributed by atoms with Gasteiger partial charge in [-0.3, -0.25) is 14.4 Å². The Morgan fingerprint density at radius 3 is 2.26 bits per heavy atom. The van der Waals surface area contributed by atoms with Crippen LogP contribution in [-0.2, 0) is 14.4 Å². The maximum atomic E-state index is 12.6. The summed E-state index contributed by atoms with van der Waals surface area (Å²) in [4.78, 5) is 50.3. The number of nitrogens with one attached hydrogen (secondary N) is 1. The number of benzene rings is 1. The van der Waals surface area contributed by atoms with Crippen molar-refractivity contribution in [2.75, 3.05) is 24.7 Å². The standard InChI is InChI=1S/C18H23N3O6/c1-5-26-13-8-7-12(9-14(13)27-6-2)21-17(24)16(23)20(18(21)25)10-15(22)19-11(3)4/h7-9,11H,5-6,10H2,1-4H3,(H,19,22). The van der Waals surface area contributed by atoms with Gasteiger partial charge in [-0.05, 0) is 39.8 Å². The van der Waals surface area contributed by atoms with Crippen molar-refractivity contribution in [1.82, 2.24) is 10.2 Å². The molecule has 1 aromatic carbocycles. The maximum Gasteiger partial charge on any atom is 0.339 e. The van der Waals surface area contributed by atoms with Crippen molar-refractivity contribution in [2.45, 2.75) is 33.7 Å². The van der Waals surface area contributed by atoms with Gasteiger partial charge in [-0.2, -0.15) is 0 Å². The fourth-order valence-electron chi connectivity index (χ4n) is 2.56. The largest absolute Gasteiger partial charge is 0.490 e. The molecule has 146 valence electrons. The van der Waals surface area contributed by atoms with E-state index in [0.717, 1.165) is 4.90 Å². The van der Waals surface area contributed by atoms with Gasteiger partial charge in [0.25, 0.3) is 0 Å². The van der Waals surface area contributed by atoms with Gasteiger partial charge >= 0.3 is 17.8 Å². The summed E-state index contributed by atoms with van der Waals surface area (Å²) < 4.78 is 10.9. The number of hydrogen-bond donors (Lipinski definition) is 1. The van der Waals surface area contributed by atoms with Crippen LogP contribution < -0.4 is 19.7 Å². The fraction of sp³-hybridized carbons (Fsp3) is 0.444. The number of amides is 5. The van der Waals surface area contributed by atoms with Gasteiger partial charge < -0.3 is 14.8 Å². The van der Waals surface area contributed by atoms with Crippen LogP contribution in [0, 0.1) is 0 Å². The van der Waals surface area contributed by atoms with Gasteiger partial charge in [0.15, 0.2) is 11.5 Å². The number of urea groups is 1. The molecule has 9 nitrogen and oxygen atoms in total. The first-order valence-corrected chi connectivity index (χ1v) is 8.69. The Morgan fingerprint density at radius 2 is 1.67 bits per heavy atom. The first-order chi connectivity index (χ1) is 12.8. The molecule has 1 aromatic rings. The van der Waals surface area contributed by atoms with Crippen molar-refractivity contribution < 1.29 is 28.7 Å². The third-order valence-electron chi connectivity index (χ3n) is 3.59. The topological polar surface area (TPSA) is 105 Å². The summed E-state index contributed by atoms with van der Waals surface area (Å²) in [6.45, 7) is 7.34. The number of carbonyl (C=O) groups excluding carboxylic acids is 4. The summed E-state index contributed by atoms with van der Waals surface area (Å²) in [5.41, 5.74) is 0.164. The molecule has 1 N–H and O–H groups in total. The van der Waals surface area contributed by atoms with Crippen LogP contribution in [0.3, 0.4) is 0 Å². The molecule has 0 aliphatic carbocycles. The highest BCUT2D eigenvalue weighted by atomic mass is 16.5. The Hall–Kier alpha value is -3.10. The second-order valence-electron chi connectivity index (χ2n) is 6.03. The van der Waals surface area contributed by atoms with Gasteiger partial charge in [-0.1, -0.05) is 0 Å². The van der Waals surface area contributed by atoms with Crippen LogP contribution in [0.2, 0.25) is 0 Å². The van der Waals surface area contributed by atoms with Gasteiger partial charge in [-0.15, -0.1) is 0 Å². The summed E-state index contributed by atoms with van der Waals surface area (Å²) >= 11 is 0. The number of carbonyl (C=O) groups is 4. The molecule has 0 unspecified atom stereocenters. The average molecular weight is 377 g/mol. The summed E-state index contributed by atoms with van der Waals surface area (Å²) in [5, 5.41) is 2.58. The number of nitrogens with zero attached hydrogens (tertiary/aromatic N) is 2. The summed E-state index contributed by atoms with van der Waals surface area (Å²) in [5.74, 6) is -1.79. The van der Waals surface area contributed by atoms with Gasteiger partial charge in [0.05, 0.1) is 18.9 Å². The smallest absolute Gasteiger partial charge is 0.339 e. The highest BCUT2D eigenvalue weighted by Gasteiger charge is 2.46. The molecule has 1 fully saturated rings. The number of anilines is 1. The van der Waals surface area contributed by atoms with Crippen molar-refractivity contribution in [2.24, 2.45) is 0 Å². The fourth-order valence-corrected chi connectivity index (χ4v) is 2.56. The number of hydrogen-bond acceptors (Lipinski definition) is 6. The molecular formula is C18H23N3O6. The summed E-state index contributed by atoms with van der Waals surface area (Å²) in [7, 11) is 0. The Kier molecular flexibility index (Phi) is 6.38. The Balaban J connectivity index is 2.29. The van der Waals surface area contributed by atoms with E-state index in [2.05, 4.69) is 5.32 Å². The number of imide groups is 2. The molecule has 0 atom stereocenters. The predicted octanol–water partition coefficient (Wildman–Crippen LogP) is 1.30. The summed E-state index contributed by atoms with van der Waals surface area (Å²) in [6, 6.07) is 3.46. The quantitative estimate of drug-likeness (QED) is 0.541. The van der Waals surface area contributed by atoms with Gasteiger partial charge in [-0.25, -0.2) is 14.6 Å². The minimum Gasteiger partial charge on any atom is -0.490 e. The monoisotopic (exact) mass is 377 g/mol. The lowest BCUT2D eigenvalue weighted by Gasteiger charge is -2.18. The molecule has 9 heteroatoms. The van der Waals surface area contributed by atoms with E-state index < -0.39 is 30.3 Å².